The first-order valence-corrected chi connectivity index (χ1v) is 8.89. The van der Waals surface area contributed by atoms with E-state index in [0.717, 1.165) is 51.4 Å². The van der Waals surface area contributed by atoms with Crippen molar-refractivity contribution < 1.29 is 4.79 Å². The predicted molar refractivity (Wildman–Crippen MR) is 97.2 cm³/mol. The van der Waals surface area contributed by atoms with E-state index in [-0.39, 0.29) is 5.91 Å². The van der Waals surface area contributed by atoms with Crippen molar-refractivity contribution in [3.8, 4) is 0 Å². The SMILES string of the molecule is CN1CCN(C(=O)c2ccc(N3CCCc4ccccc43)nn2)CC1. The molecule has 2 aliphatic heterocycles. The molecule has 1 saturated heterocycles. The first kappa shape index (κ1) is 16.0. The number of aromatic nitrogens is 2. The summed E-state index contributed by atoms with van der Waals surface area (Å²) in [4.78, 5) is 18.9. The maximum Gasteiger partial charge on any atom is 0.274 e. The largest absolute Gasteiger partial charge is 0.335 e. The number of piperazine rings is 1. The number of carbonyl (C=O) groups is 1. The summed E-state index contributed by atoms with van der Waals surface area (Å²) >= 11 is 0. The van der Waals surface area contributed by atoms with Crippen LogP contribution in [-0.4, -0.2) is 65.7 Å². The lowest BCUT2D eigenvalue weighted by molar-refractivity contribution is 0.0657. The third-order valence-corrected chi connectivity index (χ3v) is 5.05. The molecule has 1 amide bonds. The van der Waals surface area contributed by atoms with E-state index in [1.54, 1.807) is 6.07 Å². The van der Waals surface area contributed by atoms with Gasteiger partial charge in [0.1, 0.15) is 0 Å². The zero-order valence-electron chi connectivity index (χ0n) is 14.6. The average Bonchev–Trinajstić information content (AvgIpc) is 2.68. The minimum absolute atomic E-state index is 0.0220. The number of hydrogen-bond acceptors (Lipinski definition) is 5. The van der Waals surface area contributed by atoms with E-state index in [2.05, 4.69) is 51.3 Å². The van der Waals surface area contributed by atoms with Crippen molar-refractivity contribution in [1.82, 2.24) is 20.0 Å². The number of aryl methyl sites for hydroxylation is 1. The van der Waals surface area contributed by atoms with Crippen molar-refractivity contribution in [2.24, 2.45) is 0 Å². The summed E-state index contributed by atoms with van der Waals surface area (Å²) in [5.41, 5.74) is 2.97. The van der Waals surface area contributed by atoms with E-state index in [0.29, 0.717) is 5.69 Å². The number of nitrogens with zero attached hydrogens (tertiary/aromatic N) is 5. The first-order chi connectivity index (χ1) is 12.2. The Morgan fingerprint density at radius 3 is 2.52 bits per heavy atom. The molecule has 1 fully saturated rings. The van der Waals surface area contributed by atoms with Gasteiger partial charge < -0.3 is 14.7 Å². The number of benzene rings is 1. The molecule has 4 rings (SSSR count). The highest BCUT2D eigenvalue weighted by Crippen LogP contribution is 2.31. The highest BCUT2D eigenvalue weighted by atomic mass is 16.2. The molecule has 2 aromatic rings. The molecule has 0 N–H and O–H groups in total. The smallest absolute Gasteiger partial charge is 0.274 e. The number of carbonyl (C=O) groups excluding carboxylic acids is 1. The van der Waals surface area contributed by atoms with Crippen LogP contribution in [0.5, 0.6) is 0 Å². The maximum absolute atomic E-state index is 12.6. The monoisotopic (exact) mass is 337 g/mol. The van der Waals surface area contributed by atoms with Gasteiger partial charge in [0.15, 0.2) is 11.5 Å². The number of hydrogen-bond donors (Lipinski definition) is 0. The zero-order chi connectivity index (χ0) is 17.2. The van der Waals surface area contributed by atoms with Crippen LogP contribution in [0, 0.1) is 0 Å². The third kappa shape index (κ3) is 3.22. The molecule has 0 saturated carbocycles. The van der Waals surface area contributed by atoms with E-state index in [4.69, 9.17) is 0 Å². The Kier molecular flexibility index (Phi) is 4.36. The number of amides is 1. The molecule has 0 radical (unpaired) electrons. The minimum atomic E-state index is -0.0220. The standard InChI is InChI=1S/C19H23N5O/c1-22-11-13-23(14-12-22)19(25)16-8-9-18(21-20-16)24-10-4-6-15-5-2-3-7-17(15)24/h2-3,5,7-9H,4,6,10-14H2,1H3. The van der Waals surface area contributed by atoms with Crippen LogP contribution in [0.25, 0.3) is 0 Å². The van der Waals surface area contributed by atoms with Crippen molar-refractivity contribution in [3.05, 3.63) is 47.7 Å². The Morgan fingerprint density at radius 1 is 0.960 bits per heavy atom. The summed E-state index contributed by atoms with van der Waals surface area (Å²) in [6, 6.07) is 12.1. The van der Waals surface area contributed by atoms with Crippen LogP contribution in [0.1, 0.15) is 22.5 Å². The van der Waals surface area contributed by atoms with Gasteiger partial charge in [-0.3, -0.25) is 4.79 Å². The van der Waals surface area contributed by atoms with Gasteiger partial charge in [0.25, 0.3) is 5.91 Å². The molecule has 0 aliphatic carbocycles. The Bertz CT molecular complexity index is 753. The van der Waals surface area contributed by atoms with Crippen LogP contribution in [-0.2, 0) is 6.42 Å². The number of fused-ring (bicyclic) bond motifs is 1. The van der Waals surface area contributed by atoms with Gasteiger partial charge in [-0.1, -0.05) is 18.2 Å². The molecular weight excluding hydrogens is 314 g/mol. The summed E-state index contributed by atoms with van der Waals surface area (Å²) in [5, 5.41) is 8.57. The molecule has 6 nitrogen and oxygen atoms in total. The Morgan fingerprint density at radius 2 is 1.76 bits per heavy atom. The van der Waals surface area contributed by atoms with Crippen molar-refractivity contribution >= 4 is 17.4 Å². The van der Waals surface area contributed by atoms with Gasteiger partial charge in [0, 0.05) is 38.4 Å². The average molecular weight is 337 g/mol. The highest BCUT2D eigenvalue weighted by Gasteiger charge is 2.23. The summed E-state index contributed by atoms with van der Waals surface area (Å²) < 4.78 is 0. The Balaban J connectivity index is 1.52. The fourth-order valence-electron chi connectivity index (χ4n) is 3.53. The summed E-state index contributed by atoms with van der Waals surface area (Å²) in [5.74, 6) is 0.785. The molecule has 130 valence electrons. The predicted octanol–water partition coefficient (Wildman–Crippen LogP) is 1.95. The number of likely N-dealkylation sites (N-methyl/N-ethyl adjacent to an activating group) is 1. The Hall–Kier alpha value is -2.47. The summed E-state index contributed by atoms with van der Waals surface area (Å²) in [7, 11) is 2.08. The molecule has 1 aromatic heterocycles. The second kappa shape index (κ2) is 6.80. The van der Waals surface area contributed by atoms with Gasteiger partial charge in [-0.25, -0.2) is 0 Å². The first-order valence-electron chi connectivity index (χ1n) is 8.89. The topological polar surface area (TPSA) is 52.6 Å². The highest BCUT2D eigenvalue weighted by molar-refractivity contribution is 5.92. The molecule has 0 atom stereocenters. The van der Waals surface area contributed by atoms with Crippen molar-refractivity contribution in [2.75, 3.05) is 44.7 Å². The maximum atomic E-state index is 12.6. The van der Waals surface area contributed by atoms with Crippen LogP contribution >= 0.6 is 0 Å². The van der Waals surface area contributed by atoms with Crippen LogP contribution in [0.15, 0.2) is 36.4 Å². The van der Waals surface area contributed by atoms with E-state index in [1.807, 2.05) is 11.0 Å². The van der Waals surface area contributed by atoms with Crippen molar-refractivity contribution in [2.45, 2.75) is 12.8 Å². The second-order valence-electron chi connectivity index (χ2n) is 6.76. The van der Waals surface area contributed by atoms with Gasteiger partial charge in [0.2, 0.25) is 0 Å². The molecule has 6 heteroatoms. The molecule has 0 spiro atoms. The number of rotatable bonds is 2. The fraction of sp³-hybridized carbons (Fsp3) is 0.421. The normalized spacial score (nSPS) is 18.1. The minimum Gasteiger partial charge on any atom is -0.335 e. The van der Waals surface area contributed by atoms with Gasteiger partial charge in [-0.05, 0) is 43.7 Å². The lowest BCUT2D eigenvalue weighted by Gasteiger charge is -2.32. The molecule has 0 unspecified atom stereocenters. The zero-order valence-corrected chi connectivity index (χ0v) is 14.6. The molecule has 2 aliphatic rings. The molecule has 25 heavy (non-hydrogen) atoms. The van der Waals surface area contributed by atoms with Gasteiger partial charge in [-0.15, -0.1) is 10.2 Å². The Labute approximate surface area is 148 Å². The molecule has 0 bridgehead atoms. The quantitative estimate of drug-likeness (QED) is 0.838. The summed E-state index contributed by atoms with van der Waals surface area (Å²) in [6.45, 7) is 4.23. The van der Waals surface area contributed by atoms with Crippen LogP contribution < -0.4 is 4.90 Å². The lowest BCUT2D eigenvalue weighted by atomic mass is 10.0. The van der Waals surface area contributed by atoms with E-state index in [1.165, 1.54) is 11.3 Å². The van der Waals surface area contributed by atoms with Crippen LogP contribution in [0.3, 0.4) is 0 Å². The van der Waals surface area contributed by atoms with Crippen LogP contribution in [0.2, 0.25) is 0 Å². The fourth-order valence-corrected chi connectivity index (χ4v) is 3.53. The van der Waals surface area contributed by atoms with E-state index >= 15 is 0 Å². The van der Waals surface area contributed by atoms with Crippen molar-refractivity contribution in [1.29, 1.82) is 0 Å². The van der Waals surface area contributed by atoms with Gasteiger partial charge >= 0.3 is 0 Å². The van der Waals surface area contributed by atoms with Gasteiger partial charge in [0.05, 0.1) is 0 Å². The molecular formula is C19H23N5O. The molecule has 3 heterocycles. The van der Waals surface area contributed by atoms with E-state index < -0.39 is 0 Å². The van der Waals surface area contributed by atoms with Gasteiger partial charge in [-0.2, -0.15) is 0 Å². The second-order valence-corrected chi connectivity index (χ2v) is 6.76. The summed E-state index contributed by atoms with van der Waals surface area (Å²) in [6.07, 6.45) is 2.20. The molecule has 1 aromatic carbocycles. The third-order valence-electron chi connectivity index (χ3n) is 5.05. The van der Waals surface area contributed by atoms with Crippen molar-refractivity contribution in [3.63, 3.8) is 0 Å². The lowest BCUT2D eigenvalue weighted by Crippen LogP contribution is -2.47. The van der Waals surface area contributed by atoms with E-state index in [9.17, 15) is 4.79 Å². The number of anilines is 2. The van der Waals surface area contributed by atoms with Crippen LogP contribution in [0.4, 0.5) is 11.5 Å². The number of para-hydroxylation sites is 1.